The lowest BCUT2D eigenvalue weighted by atomic mass is 10.0. The molecule has 0 fully saturated rings. The minimum absolute atomic E-state index is 0.0315. The van der Waals surface area contributed by atoms with Gasteiger partial charge in [-0.25, -0.2) is 4.57 Å². The summed E-state index contributed by atoms with van der Waals surface area (Å²) >= 11 is 0. The highest BCUT2D eigenvalue weighted by Gasteiger charge is 2.26. The van der Waals surface area contributed by atoms with Crippen molar-refractivity contribution in [3.63, 3.8) is 0 Å². The number of furan rings is 1. The number of carbonyl (C=O) groups excluding carboxylic acids is 3. The van der Waals surface area contributed by atoms with E-state index in [9.17, 15) is 23.8 Å². The largest absolute Gasteiger partial charge is 0.472 e. The minimum atomic E-state index is -4.41. The highest BCUT2D eigenvalue weighted by atomic mass is 31.2. The fourth-order valence-corrected chi connectivity index (χ4v) is 6.79. The zero-order chi connectivity index (χ0) is 40.6. The molecule has 3 N–H and O–H groups in total. The predicted molar refractivity (Wildman–Crippen MR) is 219 cm³/mol. The van der Waals surface area contributed by atoms with E-state index >= 15 is 0 Å². The number of carbonyl (C=O) groups is 3. The number of esters is 2. The SMILES string of the molecule is CCCCCC(=O)/C=C/C=C\CCCCCCCC(=O)O[C@H](COC(=O)CCCCCCCCc1oc(CCCCC)c(C)c1C)COP(=O)(O)OCCN. The minimum Gasteiger partial charge on any atom is -0.466 e. The second kappa shape index (κ2) is 32.5. The van der Waals surface area contributed by atoms with Gasteiger partial charge in [-0.3, -0.25) is 23.4 Å². The summed E-state index contributed by atoms with van der Waals surface area (Å²) in [5, 5.41) is 0. The third-order valence-electron chi connectivity index (χ3n) is 9.52. The highest BCUT2D eigenvalue weighted by Crippen LogP contribution is 2.43. The van der Waals surface area contributed by atoms with Crippen LogP contribution in [0.4, 0.5) is 0 Å². The number of ether oxygens (including phenoxy) is 2. The van der Waals surface area contributed by atoms with Crippen LogP contribution in [0.25, 0.3) is 0 Å². The maximum atomic E-state index is 12.6. The maximum absolute atomic E-state index is 12.6. The molecule has 0 aromatic carbocycles. The van der Waals surface area contributed by atoms with Gasteiger partial charge in [0.15, 0.2) is 11.9 Å². The molecular formula is C43H74NO10P. The van der Waals surface area contributed by atoms with E-state index in [1.165, 1.54) is 30.4 Å². The number of nitrogens with two attached hydrogens (primary N) is 1. The molecule has 0 amide bonds. The number of phosphoric acid groups is 1. The van der Waals surface area contributed by atoms with E-state index in [1.807, 2.05) is 12.2 Å². The zero-order valence-corrected chi connectivity index (χ0v) is 35.5. The predicted octanol–water partition coefficient (Wildman–Crippen LogP) is 10.4. The van der Waals surface area contributed by atoms with Crippen molar-refractivity contribution < 1.29 is 46.8 Å². The maximum Gasteiger partial charge on any atom is 0.472 e. The van der Waals surface area contributed by atoms with Gasteiger partial charge in [0, 0.05) is 38.6 Å². The van der Waals surface area contributed by atoms with Gasteiger partial charge in [0.05, 0.1) is 13.2 Å². The van der Waals surface area contributed by atoms with Crippen LogP contribution in [-0.4, -0.2) is 55.1 Å². The number of hydrogen-bond acceptors (Lipinski definition) is 10. The summed E-state index contributed by atoms with van der Waals surface area (Å²) in [5.74, 6) is 1.51. The molecular weight excluding hydrogens is 721 g/mol. The van der Waals surface area contributed by atoms with E-state index in [4.69, 9.17) is 28.7 Å². The Bertz CT molecular complexity index is 1290. The van der Waals surface area contributed by atoms with Gasteiger partial charge in [0.1, 0.15) is 18.1 Å². The first-order chi connectivity index (χ1) is 26.5. The Labute approximate surface area is 332 Å². The molecule has 0 bridgehead atoms. The van der Waals surface area contributed by atoms with Crippen molar-refractivity contribution >= 4 is 25.5 Å². The quantitative estimate of drug-likeness (QED) is 0.0218. The Kier molecular flexibility index (Phi) is 29.8. The van der Waals surface area contributed by atoms with E-state index in [1.54, 1.807) is 6.08 Å². The second-order valence-corrected chi connectivity index (χ2v) is 15.9. The Morgan fingerprint density at radius 2 is 1.25 bits per heavy atom. The summed E-state index contributed by atoms with van der Waals surface area (Å²) in [6.07, 6.45) is 27.4. The Morgan fingerprint density at radius 3 is 1.89 bits per heavy atom. The van der Waals surface area contributed by atoms with Crippen LogP contribution in [0.3, 0.4) is 0 Å². The molecule has 0 saturated heterocycles. The lowest BCUT2D eigenvalue weighted by Crippen LogP contribution is -2.29. The molecule has 55 heavy (non-hydrogen) atoms. The molecule has 0 aliphatic carbocycles. The number of allylic oxidation sites excluding steroid dienone is 4. The van der Waals surface area contributed by atoms with Gasteiger partial charge in [-0.05, 0) is 76.0 Å². The van der Waals surface area contributed by atoms with Gasteiger partial charge in [-0.2, -0.15) is 0 Å². The molecule has 1 rings (SSSR count). The van der Waals surface area contributed by atoms with Crippen LogP contribution < -0.4 is 5.73 Å². The fourth-order valence-electron chi connectivity index (χ4n) is 6.03. The van der Waals surface area contributed by atoms with Crippen LogP contribution >= 0.6 is 7.82 Å². The summed E-state index contributed by atoms with van der Waals surface area (Å²) in [6.45, 7) is 7.75. The number of aryl methyl sites for hydroxylation is 2. The summed E-state index contributed by atoms with van der Waals surface area (Å²) in [6, 6.07) is 0. The Balaban J connectivity index is 2.32. The van der Waals surface area contributed by atoms with Crippen LogP contribution in [0.1, 0.15) is 171 Å². The number of hydrogen-bond donors (Lipinski definition) is 2. The van der Waals surface area contributed by atoms with E-state index in [2.05, 4.69) is 33.8 Å². The van der Waals surface area contributed by atoms with Crippen LogP contribution in [-0.2, 0) is 50.3 Å². The topological polar surface area (TPSA) is 165 Å². The van der Waals surface area contributed by atoms with E-state index in [-0.39, 0.29) is 38.4 Å². The van der Waals surface area contributed by atoms with Crippen molar-refractivity contribution in [2.45, 2.75) is 181 Å². The molecule has 1 aromatic rings. The van der Waals surface area contributed by atoms with Gasteiger partial charge in [0.25, 0.3) is 0 Å². The van der Waals surface area contributed by atoms with E-state index in [0.717, 1.165) is 108 Å². The van der Waals surface area contributed by atoms with Crippen molar-refractivity contribution in [3.05, 3.63) is 47.0 Å². The number of ketones is 1. The molecule has 2 atom stereocenters. The monoisotopic (exact) mass is 796 g/mol. The van der Waals surface area contributed by atoms with E-state index in [0.29, 0.717) is 19.3 Å². The Hall–Kier alpha value is -2.56. The summed E-state index contributed by atoms with van der Waals surface area (Å²) < 4.78 is 38.9. The average Bonchev–Trinajstić information content (AvgIpc) is 3.43. The summed E-state index contributed by atoms with van der Waals surface area (Å²) in [7, 11) is -4.41. The molecule has 0 saturated carbocycles. The second-order valence-electron chi connectivity index (χ2n) is 14.5. The van der Waals surface area contributed by atoms with E-state index < -0.39 is 32.5 Å². The molecule has 316 valence electrons. The molecule has 12 heteroatoms. The first-order valence-corrected chi connectivity index (χ1v) is 22.6. The third kappa shape index (κ3) is 26.8. The van der Waals surface area contributed by atoms with Crippen molar-refractivity contribution in [1.29, 1.82) is 0 Å². The smallest absolute Gasteiger partial charge is 0.466 e. The zero-order valence-electron chi connectivity index (χ0n) is 34.6. The third-order valence-corrected chi connectivity index (χ3v) is 10.5. The normalized spacial score (nSPS) is 13.4. The Morgan fingerprint density at radius 1 is 0.709 bits per heavy atom. The molecule has 11 nitrogen and oxygen atoms in total. The van der Waals surface area contributed by atoms with Crippen molar-refractivity contribution in [1.82, 2.24) is 0 Å². The van der Waals surface area contributed by atoms with Gasteiger partial charge >= 0.3 is 19.8 Å². The van der Waals surface area contributed by atoms with Crippen LogP contribution in [0.5, 0.6) is 0 Å². The van der Waals surface area contributed by atoms with Crippen LogP contribution in [0.2, 0.25) is 0 Å². The van der Waals surface area contributed by atoms with Gasteiger partial charge < -0.3 is 24.5 Å². The van der Waals surface area contributed by atoms with Crippen molar-refractivity contribution in [3.8, 4) is 0 Å². The van der Waals surface area contributed by atoms with Gasteiger partial charge in [-0.15, -0.1) is 0 Å². The van der Waals surface area contributed by atoms with Crippen molar-refractivity contribution in [2.24, 2.45) is 5.73 Å². The summed E-state index contributed by atoms with van der Waals surface area (Å²) in [5.41, 5.74) is 7.93. The molecule has 0 aliphatic rings. The first kappa shape index (κ1) is 50.5. The lowest BCUT2D eigenvalue weighted by Gasteiger charge is -2.19. The fraction of sp³-hybridized carbons (Fsp3) is 0.744. The number of phosphoric ester groups is 1. The number of rotatable bonds is 36. The lowest BCUT2D eigenvalue weighted by molar-refractivity contribution is -0.161. The van der Waals surface area contributed by atoms with Gasteiger partial charge in [-0.1, -0.05) is 103 Å². The standard InChI is InChI=1S/C43H74NO10P/c1-5-7-20-26-38(45)27-22-16-12-10-9-11-13-19-25-31-43(47)53-39(35-52-55(48,49)51-33-32-44)34-50-42(46)30-24-18-15-14-17-23-29-41-37(4)36(3)40(54-41)28-21-8-6-2/h12,16,22,27,39H,5-11,13-15,17-21,23-26,28-35,44H2,1-4H3,(H,48,49)/b16-12-,27-22+/t39-/m1/s1. The molecule has 1 aromatic heterocycles. The van der Waals surface area contributed by atoms with Crippen LogP contribution in [0, 0.1) is 13.8 Å². The van der Waals surface area contributed by atoms with Crippen molar-refractivity contribution in [2.75, 3.05) is 26.4 Å². The molecule has 0 aliphatic heterocycles. The highest BCUT2D eigenvalue weighted by molar-refractivity contribution is 7.47. The average molecular weight is 796 g/mol. The molecule has 1 heterocycles. The molecule has 1 unspecified atom stereocenters. The first-order valence-electron chi connectivity index (χ1n) is 21.1. The van der Waals surface area contributed by atoms with Crippen LogP contribution in [0.15, 0.2) is 28.7 Å². The number of unbranched alkanes of at least 4 members (excludes halogenated alkanes) is 14. The molecule has 0 spiro atoms. The van der Waals surface area contributed by atoms with Gasteiger partial charge in [0.2, 0.25) is 0 Å². The summed E-state index contributed by atoms with van der Waals surface area (Å²) in [4.78, 5) is 46.7. The molecule has 0 radical (unpaired) electrons.